The smallest absolute Gasteiger partial charge is 0.274 e. The van der Waals surface area contributed by atoms with Gasteiger partial charge >= 0.3 is 0 Å². The van der Waals surface area contributed by atoms with E-state index in [9.17, 15) is 9.59 Å². The Kier molecular flexibility index (Phi) is 5.72. The lowest BCUT2D eigenvalue weighted by atomic mass is 10.2. The molecule has 1 aliphatic rings. The molecule has 2 N–H and O–H groups in total. The van der Waals surface area contributed by atoms with Crippen LogP contribution in [0.5, 0.6) is 0 Å². The molecule has 126 valence electrons. The highest BCUT2D eigenvalue weighted by Gasteiger charge is 2.17. The summed E-state index contributed by atoms with van der Waals surface area (Å²) < 4.78 is 1.61. The van der Waals surface area contributed by atoms with Crippen LogP contribution in [0.15, 0.2) is 53.5 Å². The normalized spacial score (nSPS) is 17.4. The lowest BCUT2D eigenvalue weighted by Crippen LogP contribution is -2.40. The molecule has 5 nitrogen and oxygen atoms in total. The van der Waals surface area contributed by atoms with E-state index in [0.29, 0.717) is 18.7 Å². The second kappa shape index (κ2) is 8.17. The van der Waals surface area contributed by atoms with Gasteiger partial charge in [-0.15, -0.1) is 0 Å². The first-order chi connectivity index (χ1) is 11.7. The number of hydrogen-bond acceptors (Lipinski definition) is 4. The average molecular weight is 343 g/mol. The van der Waals surface area contributed by atoms with Gasteiger partial charge in [-0.05, 0) is 17.7 Å². The quantitative estimate of drug-likeness (QED) is 0.871. The molecule has 1 unspecified atom stereocenters. The van der Waals surface area contributed by atoms with Crippen molar-refractivity contribution in [3.8, 4) is 0 Å². The number of carbonyl (C=O) groups is 1. The molecule has 6 heteroatoms. The fourth-order valence-electron chi connectivity index (χ4n) is 2.71. The van der Waals surface area contributed by atoms with E-state index in [1.165, 1.54) is 0 Å². The number of hydrogen-bond donors (Lipinski definition) is 2. The van der Waals surface area contributed by atoms with Crippen LogP contribution in [0.2, 0.25) is 0 Å². The Morgan fingerprint density at radius 1 is 1.25 bits per heavy atom. The molecule has 1 fully saturated rings. The Bertz CT molecular complexity index is 739. The summed E-state index contributed by atoms with van der Waals surface area (Å²) in [7, 11) is 0. The first-order valence-corrected chi connectivity index (χ1v) is 9.22. The SMILES string of the molecule is O=C(CC1CSCCN1)Nc1cccn(Cc2ccccc2)c1=O. The van der Waals surface area contributed by atoms with Gasteiger partial charge in [-0.25, -0.2) is 0 Å². The summed E-state index contributed by atoms with van der Waals surface area (Å²) in [5, 5.41) is 6.09. The highest BCUT2D eigenvalue weighted by atomic mass is 32.2. The van der Waals surface area contributed by atoms with Crippen LogP contribution in [0.25, 0.3) is 0 Å². The van der Waals surface area contributed by atoms with Crippen LogP contribution in [0, 0.1) is 0 Å². The van der Waals surface area contributed by atoms with Crippen molar-refractivity contribution in [1.82, 2.24) is 9.88 Å². The topological polar surface area (TPSA) is 63.1 Å². The maximum absolute atomic E-state index is 12.5. The molecule has 24 heavy (non-hydrogen) atoms. The highest BCUT2D eigenvalue weighted by Crippen LogP contribution is 2.11. The zero-order valence-electron chi connectivity index (χ0n) is 13.4. The third kappa shape index (κ3) is 4.49. The molecule has 3 rings (SSSR count). The number of thioether (sulfide) groups is 1. The van der Waals surface area contributed by atoms with E-state index in [1.54, 1.807) is 22.9 Å². The predicted molar refractivity (Wildman–Crippen MR) is 98.6 cm³/mol. The van der Waals surface area contributed by atoms with E-state index < -0.39 is 0 Å². The Hall–Kier alpha value is -2.05. The minimum atomic E-state index is -0.180. The summed E-state index contributed by atoms with van der Waals surface area (Å²) in [4.78, 5) is 24.7. The maximum atomic E-state index is 12.5. The van der Waals surface area contributed by atoms with Gasteiger partial charge in [0.2, 0.25) is 5.91 Å². The van der Waals surface area contributed by atoms with Gasteiger partial charge in [0.1, 0.15) is 5.69 Å². The number of amides is 1. The lowest BCUT2D eigenvalue weighted by molar-refractivity contribution is -0.116. The van der Waals surface area contributed by atoms with Crippen molar-refractivity contribution in [3.63, 3.8) is 0 Å². The monoisotopic (exact) mass is 343 g/mol. The molecule has 0 bridgehead atoms. The van der Waals surface area contributed by atoms with Gasteiger partial charge in [-0.2, -0.15) is 11.8 Å². The first kappa shape index (κ1) is 16.8. The molecule has 2 aromatic rings. The van der Waals surface area contributed by atoms with E-state index in [1.807, 2.05) is 42.1 Å². The van der Waals surface area contributed by atoms with Crippen molar-refractivity contribution >= 4 is 23.4 Å². The number of aromatic nitrogens is 1. The second-order valence-corrected chi connectivity index (χ2v) is 6.97. The van der Waals surface area contributed by atoms with Crippen LogP contribution in [0.3, 0.4) is 0 Å². The first-order valence-electron chi connectivity index (χ1n) is 8.07. The average Bonchev–Trinajstić information content (AvgIpc) is 2.60. The largest absolute Gasteiger partial charge is 0.321 e. The van der Waals surface area contributed by atoms with Gasteiger partial charge in [0.15, 0.2) is 0 Å². The number of nitrogens with zero attached hydrogens (tertiary/aromatic N) is 1. The summed E-state index contributed by atoms with van der Waals surface area (Å²) in [6.45, 7) is 1.42. The standard InChI is InChI=1S/C18H21N3O2S/c22-17(11-15-13-24-10-8-19-15)20-16-7-4-9-21(18(16)23)12-14-5-2-1-3-6-14/h1-7,9,15,19H,8,10-13H2,(H,20,22). The molecule has 0 radical (unpaired) electrons. The number of benzene rings is 1. The van der Waals surface area contributed by atoms with E-state index in [0.717, 1.165) is 23.6 Å². The molecule has 1 aromatic carbocycles. The third-order valence-corrected chi connectivity index (χ3v) is 5.05. The molecule has 2 heterocycles. The fraction of sp³-hybridized carbons (Fsp3) is 0.333. The number of carbonyl (C=O) groups excluding carboxylic acids is 1. The Labute approximate surface area is 145 Å². The zero-order chi connectivity index (χ0) is 16.8. The fourth-order valence-corrected chi connectivity index (χ4v) is 3.66. The minimum absolute atomic E-state index is 0.121. The molecule has 0 spiro atoms. The third-order valence-electron chi connectivity index (χ3n) is 3.92. The molecule has 1 saturated heterocycles. The van der Waals surface area contributed by atoms with Crippen molar-refractivity contribution in [2.24, 2.45) is 0 Å². The molecule has 1 amide bonds. The van der Waals surface area contributed by atoms with Crippen molar-refractivity contribution in [3.05, 3.63) is 64.6 Å². The second-order valence-electron chi connectivity index (χ2n) is 5.82. The highest BCUT2D eigenvalue weighted by molar-refractivity contribution is 7.99. The zero-order valence-corrected chi connectivity index (χ0v) is 14.2. The van der Waals surface area contributed by atoms with Crippen molar-refractivity contribution < 1.29 is 4.79 Å². The van der Waals surface area contributed by atoms with Crippen LogP contribution in [-0.4, -0.2) is 34.6 Å². The minimum Gasteiger partial charge on any atom is -0.321 e. The van der Waals surface area contributed by atoms with E-state index in [-0.39, 0.29) is 17.5 Å². The van der Waals surface area contributed by atoms with Crippen LogP contribution < -0.4 is 16.2 Å². The Morgan fingerprint density at radius 2 is 2.08 bits per heavy atom. The molecule has 1 atom stereocenters. The van der Waals surface area contributed by atoms with Gasteiger partial charge in [0.25, 0.3) is 5.56 Å². The number of pyridine rings is 1. The Morgan fingerprint density at radius 3 is 2.83 bits per heavy atom. The van der Waals surface area contributed by atoms with Gasteiger partial charge in [0.05, 0.1) is 6.54 Å². The van der Waals surface area contributed by atoms with Gasteiger partial charge in [-0.3, -0.25) is 9.59 Å². The molecule has 0 saturated carbocycles. The molecular formula is C18H21N3O2S. The number of anilines is 1. The maximum Gasteiger partial charge on any atom is 0.274 e. The summed E-state index contributed by atoms with van der Waals surface area (Å²) in [5.41, 5.74) is 1.20. The van der Waals surface area contributed by atoms with Crippen molar-refractivity contribution in [2.75, 3.05) is 23.4 Å². The summed E-state index contributed by atoms with van der Waals surface area (Å²) >= 11 is 1.85. The van der Waals surface area contributed by atoms with Crippen molar-refractivity contribution in [2.45, 2.75) is 19.0 Å². The summed E-state index contributed by atoms with van der Waals surface area (Å²) in [6.07, 6.45) is 2.13. The molecular weight excluding hydrogens is 322 g/mol. The predicted octanol–water partition coefficient (Wildman–Crippen LogP) is 1.93. The molecule has 0 aliphatic carbocycles. The summed E-state index contributed by atoms with van der Waals surface area (Å²) in [5.74, 6) is 1.89. The lowest BCUT2D eigenvalue weighted by Gasteiger charge is -2.22. The molecule has 1 aromatic heterocycles. The van der Waals surface area contributed by atoms with Gasteiger partial charge < -0.3 is 15.2 Å². The number of nitrogens with one attached hydrogen (secondary N) is 2. The van der Waals surface area contributed by atoms with E-state index in [2.05, 4.69) is 10.6 Å². The number of rotatable bonds is 5. The van der Waals surface area contributed by atoms with Crippen LogP contribution in [0.1, 0.15) is 12.0 Å². The van der Waals surface area contributed by atoms with Gasteiger partial charge in [0, 0.05) is 36.7 Å². The van der Waals surface area contributed by atoms with Crippen LogP contribution in [0.4, 0.5) is 5.69 Å². The van der Waals surface area contributed by atoms with Crippen LogP contribution >= 0.6 is 11.8 Å². The van der Waals surface area contributed by atoms with Crippen LogP contribution in [-0.2, 0) is 11.3 Å². The van der Waals surface area contributed by atoms with Gasteiger partial charge in [-0.1, -0.05) is 30.3 Å². The Balaban J connectivity index is 1.66. The summed E-state index contributed by atoms with van der Waals surface area (Å²) in [6, 6.07) is 13.4. The van der Waals surface area contributed by atoms with Crippen molar-refractivity contribution in [1.29, 1.82) is 0 Å². The molecule has 1 aliphatic heterocycles. The van der Waals surface area contributed by atoms with E-state index in [4.69, 9.17) is 0 Å². The van der Waals surface area contributed by atoms with E-state index >= 15 is 0 Å².